The number of hydrogen-bond donors (Lipinski definition) is 2. The first-order valence-corrected chi connectivity index (χ1v) is 4.31. The van der Waals surface area contributed by atoms with Crippen LogP contribution in [0, 0.1) is 5.92 Å². The molecule has 0 aromatic heterocycles. The van der Waals surface area contributed by atoms with E-state index in [0.29, 0.717) is 12.3 Å². The number of hydrogen-bond acceptors (Lipinski definition) is 3. The highest BCUT2D eigenvalue weighted by atomic mass is 16.5. The van der Waals surface area contributed by atoms with E-state index in [2.05, 4.69) is 0 Å². The summed E-state index contributed by atoms with van der Waals surface area (Å²) in [5, 5.41) is 8.76. The van der Waals surface area contributed by atoms with Gasteiger partial charge < -0.3 is 15.6 Å². The molecule has 1 rings (SSSR count). The highest BCUT2D eigenvalue weighted by molar-refractivity contribution is 5.43. The Labute approximate surface area is 78.1 Å². The van der Waals surface area contributed by atoms with E-state index in [1.165, 1.54) is 0 Å². The summed E-state index contributed by atoms with van der Waals surface area (Å²) in [4.78, 5) is 0. The van der Waals surface area contributed by atoms with Crippen LogP contribution >= 0.6 is 0 Å². The quantitative estimate of drug-likeness (QED) is 0.688. The SMILES string of the molecule is CC(CO)COc1cccc(N)c1. The molecule has 0 fully saturated rings. The fraction of sp³-hybridized carbons (Fsp3) is 0.400. The fourth-order valence-corrected chi connectivity index (χ4v) is 0.896. The van der Waals surface area contributed by atoms with Gasteiger partial charge in [0.1, 0.15) is 5.75 Å². The molecule has 0 saturated carbocycles. The number of nitrogen functional groups attached to an aromatic ring is 1. The highest BCUT2D eigenvalue weighted by Gasteiger charge is 2.00. The van der Waals surface area contributed by atoms with Crippen molar-refractivity contribution in [3.05, 3.63) is 24.3 Å². The maximum Gasteiger partial charge on any atom is 0.121 e. The summed E-state index contributed by atoms with van der Waals surface area (Å²) in [5.41, 5.74) is 6.26. The molecule has 0 radical (unpaired) electrons. The second-order valence-electron chi connectivity index (χ2n) is 3.17. The van der Waals surface area contributed by atoms with Crippen LogP contribution < -0.4 is 10.5 Å². The second-order valence-corrected chi connectivity index (χ2v) is 3.17. The summed E-state index contributed by atoms with van der Waals surface area (Å²) in [6, 6.07) is 7.27. The number of aliphatic hydroxyl groups is 1. The van der Waals surface area contributed by atoms with Gasteiger partial charge in [0, 0.05) is 24.3 Å². The van der Waals surface area contributed by atoms with Crippen LogP contribution in [0.15, 0.2) is 24.3 Å². The first-order valence-electron chi connectivity index (χ1n) is 4.31. The lowest BCUT2D eigenvalue weighted by Crippen LogP contribution is -2.12. The molecule has 0 heterocycles. The average Bonchev–Trinajstić information content (AvgIpc) is 2.14. The minimum atomic E-state index is 0.141. The van der Waals surface area contributed by atoms with Crippen LogP contribution in [0.4, 0.5) is 5.69 Å². The third-order valence-electron chi connectivity index (χ3n) is 1.70. The summed E-state index contributed by atoms with van der Waals surface area (Å²) in [6.07, 6.45) is 0. The van der Waals surface area contributed by atoms with Crippen molar-refractivity contribution >= 4 is 5.69 Å². The van der Waals surface area contributed by atoms with E-state index in [9.17, 15) is 0 Å². The Morgan fingerprint density at radius 3 is 2.92 bits per heavy atom. The minimum absolute atomic E-state index is 0.141. The lowest BCUT2D eigenvalue weighted by molar-refractivity contribution is 0.174. The van der Waals surface area contributed by atoms with Crippen LogP contribution in [-0.4, -0.2) is 18.3 Å². The van der Waals surface area contributed by atoms with E-state index in [4.69, 9.17) is 15.6 Å². The summed E-state index contributed by atoms with van der Waals surface area (Å²) in [5.74, 6) is 0.904. The lowest BCUT2D eigenvalue weighted by Gasteiger charge is -2.10. The first kappa shape index (κ1) is 9.86. The third-order valence-corrected chi connectivity index (χ3v) is 1.70. The molecule has 0 amide bonds. The molecule has 0 aliphatic heterocycles. The lowest BCUT2D eigenvalue weighted by atomic mass is 10.2. The number of nitrogens with two attached hydrogens (primary N) is 1. The predicted molar refractivity (Wildman–Crippen MR) is 52.6 cm³/mol. The Morgan fingerprint density at radius 2 is 2.31 bits per heavy atom. The number of anilines is 1. The van der Waals surface area contributed by atoms with Gasteiger partial charge in [0.2, 0.25) is 0 Å². The molecule has 72 valence electrons. The van der Waals surface area contributed by atoms with Crippen molar-refractivity contribution in [1.82, 2.24) is 0 Å². The predicted octanol–water partition coefficient (Wildman–Crippen LogP) is 1.28. The van der Waals surface area contributed by atoms with Gasteiger partial charge in [-0.3, -0.25) is 0 Å². The molecule has 13 heavy (non-hydrogen) atoms. The Hall–Kier alpha value is -1.22. The van der Waals surface area contributed by atoms with Crippen LogP contribution in [-0.2, 0) is 0 Å². The molecular weight excluding hydrogens is 166 g/mol. The van der Waals surface area contributed by atoms with Crippen molar-refractivity contribution in [2.45, 2.75) is 6.92 Å². The zero-order valence-electron chi connectivity index (χ0n) is 7.73. The van der Waals surface area contributed by atoms with Crippen LogP contribution in [0.25, 0.3) is 0 Å². The number of ether oxygens (including phenoxy) is 1. The van der Waals surface area contributed by atoms with Crippen molar-refractivity contribution < 1.29 is 9.84 Å². The van der Waals surface area contributed by atoms with E-state index < -0.39 is 0 Å². The smallest absolute Gasteiger partial charge is 0.121 e. The molecule has 1 unspecified atom stereocenters. The first-order chi connectivity index (χ1) is 6.22. The molecule has 3 heteroatoms. The van der Waals surface area contributed by atoms with Gasteiger partial charge in [-0.2, -0.15) is 0 Å². The standard InChI is InChI=1S/C10H15NO2/c1-8(6-12)7-13-10-4-2-3-9(11)5-10/h2-5,8,12H,6-7,11H2,1H3. The molecule has 3 nitrogen and oxygen atoms in total. The summed E-state index contributed by atoms with van der Waals surface area (Å²) < 4.78 is 5.40. The highest BCUT2D eigenvalue weighted by Crippen LogP contribution is 2.14. The van der Waals surface area contributed by atoms with E-state index in [1.54, 1.807) is 6.07 Å². The van der Waals surface area contributed by atoms with Crippen molar-refractivity contribution in [3.63, 3.8) is 0 Å². The zero-order chi connectivity index (χ0) is 9.68. The van der Waals surface area contributed by atoms with Gasteiger partial charge in [0.25, 0.3) is 0 Å². The number of rotatable bonds is 4. The molecule has 1 aromatic carbocycles. The van der Waals surface area contributed by atoms with Crippen molar-refractivity contribution in [2.24, 2.45) is 5.92 Å². The summed E-state index contributed by atoms with van der Waals surface area (Å²) in [7, 11) is 0. The van der Waals surface area contributed by atoms with Crippen molar-refractivity contribution in [2.75, 3.05) is 18.9 Å². The number of benzene rings is 1. The van der Waals surface area contributed by atoms with Gasteiger partial charge in [0.05, 0.1) is 6.61 Å². The summed E-state index contributed by atoms with van der Waals surface area (Å²) in [6.45, 7) is 2.58. The van der Waals surface area contributed by atoms with Crippen molar-refractivity contribution in [1.29, 1.82) is 0 Å². The Kier molecular flexibility index (Phi) is 3.58. The van der Waals surface area contributed by atoms with E-state index in [-0.39, 0.29) is 12.5 Å². The van der Waals surface area contributed by atoms with Crippen LogP contribution in [0.1, 0.15) is 6.92 Å². The Balaban J connectivity index is 2.45. The third kappa shape index (κ3) is 3.34. The molecular formula is C10H15NO2. The fourth-order valence-electron chi connectivity index (χ4n) is 0.896. The Morgan fingerprint density at radius 1 is 1.54 bits per heavy atom. The Bertz CT molecular complexity index is 263. The minimum Gasteiger partial charge on any atom is -0.493 e. The van der Waals surface area contributed by atoms with Gasteiger partial charge in [-0.1, -0.05) is 13.0 Å². The van der Waals surface area contributed by atoms with Crippen LogP contribution in [0.3, 0.4) is 0 Å². The van der Waals surface area contributed by atoms with Crippen LogP contribution in [0.5, 0.6) is 5.75 Å². The molecule has 0 aliphatic rings. The maximum absolute atomic E-state index is 8.76. The molecule has 0 saturated heterocycles. The normalized spacial score (nSPS) is 12.5. The maximum atomic E-state index is 8.76. The van der Waals surface area contributed by atoms with Gasteiger partial charge in [-0.25, -0.2) is 0 Å². The van der Waals surface area contributed by atoms with Gasteiger partial charge in [-0.15, -0.1) is 0 Å². The topological polar surface area (TPSA) is 55.5 Å². The van der Waals surface area contributed by atoms with Crippen LogP contribution in [0.2, 0.25) is 0 Å². The molecule has 0 spiro atoms. The monoisotopic (exact) mass is 181 g/mol. The van der Waals surface area contributed by atoms with E-state index in [0.717, 1.165) is 5.75 Å². The zero-order valence-corrected chi connectivity index (χ0v) is 7.73. The average molecular weight is 181 g/mol. The van der Waals surface area contributed by atoms with Gasteiger partial charge in [0.15, 0.2) is 0 Å². The molecule has 0 aliphatic carbocycles. The molecule has 1 atom stereocenters. The van der Waals surface area contributed by atoms with Gasteiger partial charge in [-0.05, 0) is 12.1 Å². The molecule has 3 N–H and O–H groups in total. The molecule has 0 bridgehead atoms. The van der Waals surface area contributed by atoms with Crippen molar-refractivity contribution in [3.8, 4) is 5.75 Å². The largest absolute Gasteiger partial charge is 0.493 e. The molecule has 1 aromatic rings. The van der Waals surface area contributed by atoms with E-state index >= 15 is 0 Å². The van der Waals surface area contributed by atoms with Gasteiger partial charge >= 0.3 is 0 Å². The van der Waals surface area contributed by atoms with E-state index in [1.807, 2.05) is 25.1 Å². The second kappa shape index (κ2) is 4.72. The number of aliphatic hydroxyl groups excluding tert-OH is 1. The summed E-state index contributed by atoms with van der Waals surface area (Å²) >= 11 is 0.